The molecule has 1 N–H and O–H groups in total. The maximum absolute atomic E-state index is 13.5. The van der Waals surface area contributed by atoms with Crippen LogP contribution in [0.3, 0.4) is 0 Å². The first-order chi connectivity index (χ1) is 17.0. The molecule has 1 atom stereocenters. The monoisotopic (exact) mass is 488 g/mol. The molecule has 0 spiro atoms. The molecule has 3 aliphatic rings. The lowest BCUT2D eigenvalue weighted by molar-refractivity contribution is -0.124. The van der Waals surface area contributed by atoms with Gasteiger partial charge in [0.2, 0.25) is 11.8 Å². The maximum Gasteiger partial charge on any atom is 0.434 e. The van der Waals surface area contributed by atoms with E-state index in [1.807, 2.05) is 4.90 Å². The molecule has 2 aliphatic heterocycles. The van der Waals surface area contributed by atoms with Crippen LogP contribution in [0.5, 0.6) is 0 Å². The van der Waals surface area contributed by atoms with E-state index in [0.717, 1.165) is 32.5 Å². The van der Waals surface area contributed by atoms with Gasteiger partial charge < -0.3 is 24.6 Å². The van der Waals surface area contributed by atoms with Gasteiger partial charge in [0, 0.05) is 13.1 Å². The summed E-state index contributed by atoms with van der Waals surface area (Å²) in [5.74, 6) is 0.693. The van der Waals surface area contributed by atoms with Crippen molar-refractivity contribution in [3.63, 3.8) is 0 Å². The van der Waals surface area contributed by atoms with Crippen molar-refractivity contribution in [1.82, 2.24) is 15.1 Å². The molecule has 1 aliphatic carbocycles. The fourth-order valence-corrected chi connectivity index (χ4v) is 5.01. The standard InChI is InChI=1S/C25H40N6O4/c1-3-30-12-10-25(18-26,11-13-30)29-23(32)21(16-20-8-6-5-7-9-20)28-22-17-31(14-15-35-22)19-27-24(33)34-4-2/h19-21H,3-17H2,1-2H3,(H,29,32). The normalized spacial score (nSPS) is 23.5. The largest absolute Gasteiger partial charge is 0.478 e. The summed E-state index contributed by atoms with van der Waals surface area (Å²) in [7, 11) is 0. The number of nitriles is 1. The third-order valence-electron chi connectivity index (χ3n) is 7.20. The molecule has 10 nitrogen and oxygen atoms in total. The first-order valence-electron chi connectivity index (χ1n) is 13.1. The highest BCUT2D eigenvalue weighted by molar-refractivity contribution is 5.89. The Hall–Kier alpha value is -2.67. The zero-order valence-corrected chi connectivity index (χ0v) is 21.2. The Kier molecular flexibility index (Phi) is 10.3. The molecule has 3 rings (SSSR count). The Morgan fingerprint density at radius 1 is 1.26 bits per heavy atom. The summed E-state index contributed by atoms with van der Waals surface area (Å²) in [4.78, 5) is 37.7. The van der Waals surface area contributed by atoms with E-state index >= 15 is 0 Å². The molecule has 2 saturated heterocycles. The van der Waals surface area contributed by atoms with Crippen molar-refractivity contribution in [2.75, 3.05) is 45.9 Å². The number of piperidine rings is 1. The molecule has 3 fully saturated rings. The summed E-state index contributed by atoms with van der Waals surface area (Å²) < 4.78 is 10.6. The number of rotatable bonds is 8. The minimum Gasteiger partial charge on any atom is -0.478 e. The third kappa shape index (κ3) is 8.20. The van der Waals surface area contributed by atoms with E-state index in [1.165, 1.54) is 25.6 Å². The molecule has 0 aromatic rings. The zero-order valence-electron chi connectivity index (χ0n) is 21.2. The van der Waals surface area contributed by atoms with Crippen molar-refractivity contribution in [2.24, 2.45) is 15.9 Å². The number of aliphatic imine (C=N–C) groups is 2. The second-order valence-corrected chi connectivity index (χ2v) is 9.66. The molecule has 194 valence electrons. The quantitative estimate of drug-likeness (QED) is 0.412. The number of hydrogen-bond acceptors (Lipinski definition) is 7. The molecule has 2 amide bonds. The topological polar surface area (TPSA) is 120 Å². The Bertz CT molecular complexity index is 809. The lowest BCUT2D eigenvalue weighted by Crippen LogP contribution is -2.56. The van der Waals surface area contributed by atoms with E-state index in [9.17, 15) is 14.9 Å². The lowest BCUT2D eigenvalue weighted by atomic mass is 9.84. The average Bonchev–Trinajstić information content (AvgIpc) is 2.88. The van der Waals surface area contributed by atoms with Crippen LogP contribution >= 0.6 is 0 Å². The predicted octanol–water partition coefficient (Wildman–Crippen LogP) is 2.74. The molecule has 35 heavy (non-hydrogen) atoms. The fraction of sp³-hybridized carbons (Fsp3) is 0.800. The number of morpholine rings is 1. The molecule has 1 saturated carbocycles. The molecule has 0 radical (unpaired) electrons. The van der Waals surface area contributed by atoms with Gasteiger partial charge in [-0.05, 0) is 38.6 Å². The minimum absolute atomic E-state index is 0.199. The van der Waals surface area contributed by atoms with E-state index in [2.05, 4.69) is 28.2 Å². The summed E-state index contributed by atoms with van der Waals surface area (Å²) in [5.41, 5.74) is -0.848. The number of ether oxygens (including phenoxy) is 2. The summed E-state index contributed by atoms with van der Waals surface area (Å²) in [5, 5.41) is 13.0. The van der Waals surface area contributed by atoms with Crippen LogP contribution in [0, 0.1) is 17.2 Å². The highest BCUT2D eigenvalue weighted by Crippen LogP contribution is 2.29. The Morgan fingerprint density at radius 2 is 2.00 bits per heavy atom. The smallest absolute Gasteiger partial charge is 0.434 e. The van der Waals surface area contributed by atoms with Gasteiger partial charge in [0.15, 0.2) is 0 Å². The number of nitrogens with one attached hydrogen (secondary N) is 1. The Labute approximate surface area is 208 Å². The lowest BCUT2D eigenvalue weighted by Gasteiger charge is -2.38. The second-order valence-electron chi connectivity index (χ2n) is 9.66. The van der Waals surface area contributed by atoms with Crippen molar-refractivity contribution in [2.45, 2.75) is 76.8 Å². The van der Waals surface area contributed by atoms with Gasteiger partial charge in [0.25, 0.3) is 0 Å². The van der Waals surface area contributed by atoms with Crippen LogP contribution in [0.15, 0.2) is 9.98 Å². The van der Waals surface area contributed by atoms with Crippen LogP contribution < -0.4 is 5.32 Å². The number of nitrogens with zero attached hydrogens (tertiary/aromatic N) is 5. The van der Waals surface area contributed by atoms with Crippen molar-refractivity contribution < 1.29 is 19.1 Å². The van der Waals surface area contributed by atoms with Crippen LogP contribution in [-0.2, 0) is 14.3 Å². The summed E-state index contributed by atoms with van der Waals surface area (Å²) in [6, 6.07) is 1.79. The number of hydrogen-bond donors (Lipinski definition) is 1. The van der Waals surface area contributed by atoms with E-state index < -0.39 is 17.7 Å². The highest BCUT2D eigenvalue weighted by Gasteiger charge is 2.38. The number of likely N-dealkylation sites (tertiary alicyclic amines) is 1. The molecule has 0 aromatic heterocycles. The summed E-state index contributed by atoms with van der Waals surface area (Å²) in [6.07, 6.45) is 8.49. The molecule has 0 aromatic carbocycles. The molecule has 10 heteroatoms. The summed E-state index contributed by atoms with van der Waals surface area (Å²) in [6.45, 7) is 7.92. The fourth-order valence-electron chi connectivity index (χ4n) is 5.01. The number of amides is 2. The second kappa shape index (κ2) is 13.4. The Morgan fingerprint density at radius 3 is 2.66 bits per heavy atom. The van der Waals surface area contributed by atoms with Gasteiger partial charge >= 0.3 is 6.09 Å². The van der Waals surface area contributed by atoms with Gasteiger partial charge in [-0.15, -0.1) is 0 Å². The van der Waals surface area contributed by atoms with Gasteiger partial charge in [-0.3, -0.25) is 4.79 Å². The van der Waals surface area contributed by atoms with E-state index in [-0.39, 0.29) is 12.5 Å². The van der Waals surface area contributed by atoms with Crippen LogP contribution in [0.2, 0.25) is 0 Å². The first-order valence-corrected chi connectivity index (χ1v) is 13.1. The van der Waals surface area contributed by atoms with Crippen molar-refractivity contribution in [1.29, 1.82) is 5.26 Å². The van der Waals surface area contributed by atoms with Crippen LogP contribution in [-0.4, -0.2) is 91.6 Å². The van der Waals surface area contributed by atoms with Crippen molar-refractivity contribution >= 4 is 24.2 Å². The molecular weight excluding hydrogens is 448 g/mol. The zero-order chi connectivity index (χ0) is 25.1. The van der Waals surface area contributed by atoms with E-state index in [0.29, 0.717) is 50.8 Å². The van der Waals surface area contributed by atoms with Gasteiger partial charge in [-0.25, -0.2) is 9.79 Å². The highest BCUT2D eigenvalue weighted by atomic mass is 16.5. The molecule has 1 unspecified atom stereocenters. The third-order valence-corrected chi connectivity index (χ3v) is 7.20. The van der Waals surface area contributed by atoms with Crippen molar-refractivity contribution in [3.8, 4) is 6.07 Å². The maximum atomic E-state index is 13.5. The van der Waals surface area contributed by atoms with Crippen molar-refractivity contribution in [3.05, 3.63) is 0 Å². The predicted molar refractivity (Wildman–Crippen MR) is 133 cm³/mol. The van der Waals surface area contributed by atoms with Gasteiger partial charge in [-0.2, -0.15) is 10.3 Å². The molecule has 2 heterocycles. The van der Waals surface area contributed by atoms with E-state index in [4.69, 9.17) is 14.5 Å². The van der Waals surface area contributed by atoms with Crippen LogP contribution in [0.1, 0.15) is 65.2 Å². The Balaban J connectivity index is 1.71. The van der Waals surface area contributed by atoms with Gasteiger partial charge in [0.05, 0.1) is 32.1 Å². The number of carbonyl (C=O) groups is 2. The summed E-state index contributed by atoms with van der Waals surface area (Å²) >= 11 is 0. The van der Waals surface area contributed by atoms with Gasteiger partial charge in [-0.1, -0.05) is 39.0 Å². The van der Waals surface area contributed by atoms with Crippen LogP contribution in [0.25, 0.3) is 0 Å². The average molecular weight is 489 g/mol. The minimum atomic E-state index is -0.848. The van der Waals surface area contributed by atoms with E-state index in [1.54, 1.807) is 6.92 Å². The van der Waals surface area contributed by atoms with Crippen LogP contribution in [0.4, 0.5) is 4.79 Å². The molecule has 0 bridgehead atoms. The number of carbonyl (C=O) groups excluding carboxylic acids is 2. The first kappa shape index (κ1) is 26.9. The molecular formula is C25H40N6O4. The van der Waals surface area contributed by atoms with Gasteiger partial charge in [0.1, 0.15) is 18.2 Å². The SMILES string of the molecule is CCOC(=O)N=CN1CCOC(=NC(CC2CCCCC2)C(=O)NC2(C#N)CCN(CC)CC2)C1.